The Morgan fingerprint density at radius 1 is 0.927 bits per heavy atom. The Labute approximate surface area is 248 Å². The van der Waals surface area contributed by atoms with Crippen LogP contribution in [0.2, 0.25) is 10.0 Å². The molecule has 1 aliphatic rings. The van der Waals surface area contributed by atoms with Gasteiger partial charge in [0.2, 0.25) is 0 Å². The number of rotatable bonds is 10. The molecule has 8 nitrogen and oxygen atoms in total. The van der Waals surface area contributed by atoms with Crippen LogP contribution >= 0.6 is 23.2 Å². The number of hydrogen-bond acceptors (Lipinski definition) is 4. The highest BCUT2D eigenvalue weighted by atomic mass is 35.5. The van der Waals surface area contributed by atoms with Gasteiger partial charge in [-0.3, -0.25) is 4.79 Å². The number of halogens is 2. The Bertz CT molecular complexity index is 1400. The SMILES string of the molecule is CO[C@H](CNC(=O)c1ccc(C(NC(=O)Nc2cc(Cl)cc(Cl)c2)c2ccc(C3=CCCCC3)cc2)cc1)C(=O)O. The molecule has 10 heteroatoms. The van der Waals surface area contributed by atoms with Gasteiger partial charge in [-0.25, -0.2) is 9.59 Å². The minimum Gasteiger partial charge on any atom is -0.479 e. The number of benzene rings is 3. The van der Waals surface area contributed by atoms with Crippen LogP contribution in [0.25, 0.3) is 5.57 Å². The first-order valence-corrected chi connectivity index (χ1v) is 14.0. The molecule has 2 atom stereocenters. The number of aliphatic carboxylic acids is 1. The van der Waals surface area contributed by atoms with Gasteiger partial charge < -0.3 is 25.8 Å². The summed E-state index contributed by atoms with van der Waals surface area (Å²) < 4.78 is 4.86. The molecule has 0 saturated heterocycles. The van der Waals surface area contributed by atoms with E-state index >= 15 is 0 Å². The molecule has 0 radical (unpaired) electrons. The number of nitrogens with one attached hydrogen (secondary N) is 3. The van der Waals surface area contributed by atoms with Gasteiger partial charge in [0.1, 0.15) is 0 Å². The lowest BCUT2D eigenvalue weighted by Crippen LogP contribution is -2.37. The van der Waals surface area contributed by atoms with Crippen molar-refractivity contribution < 1.29 is 24.2 Å². The number of carbonyl (C=O) groups excluding carboxylic acids is 2. The van der Waals surface area contributed by atoms with Crippen molar-refractivity contribution in [2.45, 2.75) is 37.8 Å². The molecule has 4 rings (SSSR count). The largest absolute Gasteiger partial charge is 0.479 e. The summed E-state index contributed by atoms with van der Waals surface area (Å²) in [5.41, 5.74) is 4.87. The van der Waals surface area contributed by atoms with Crippen molar-refractivity contribution in [1.29, 1.82) is 0 Å². The molecule has 0 aliphatic heterocycles. The summed E-state index contributed by atoms with van der Waals surface area (Å²) in [7, 11) is 1.27. The van der Waals surface area contributed by atoms with Gasteiger partial charge in [0.05, 0.1) is 12.6 Å². The van der Waals surface area contributed by atoms with Crippen molar-refractivity contribution >= 4 is 52.4 Å². The summed E-state index contributed by atoms with van der Waals surface area (Å²) in [6.45, 7) is -0.174. The summed E-state index contributed by atoms with van der Waals surface area (Å²) in [5.74, 6) is -1.61. The Kier molecular flexibility index (Phi) is 10.4. The first kappa shape index (κ1) is 30.1. The molecular weight excluding hydrogens is 565 g/mol. The van der Waals surface area contributed by atoms with Gasteiger partial charge in [-0.1, -0.05) is 65.7 Å². The Balaban J connectivity index is 1.55. The second kappa shape index (κ2) is 14.2. The van der Waals surface area contributed by atoms with Crippen molar-refractivity contribution in [3.05, 3.63) is 105 Å². The lowest BCUT2D eigenvalue weighted by Gasteiger charge is -2.22. The first-order valence-electron chi connectivity index (χ1n) is 13.2. The van der Waals surface area contributed by atoms with Crippen LogP contribution in [-0.2, 0) is 9.53 Å². The maximum atomic E-state index is 13.1. The van der Waals surface area contributed by atoms with Crippen LogP contribution in [0.15, 0.2) is 72.8 Å². The molecule has 41 heavy (non-hydrogen) atoms. The molecule has 0 heterocycles. The van der Waals surface area contributed by atoms with Crippen molar-refractivity contribution in [3.63, 3.8) is 0 Å². The number of hydrogen-bond donors (Lipinski definition) is 4. The molecule has 0 fully saturated rings. The number of carbonyl (C=O) groups is 3. The predicted octanol–water partition coefficient (Wildman–Crippen LogP) is 6.69. The minimum absolute atomic E-state index is 0.174. The van der Waals surface area contributed by atoms with Crippen LogP contribution in [0.3, 0.4) is 0 Å². The van der Waals surface area contributed by atoms with E-state index < -0.39 is 30.1 Å². The average Bonchev–Trinajstić information content (AvgIpc) is 2.96. The van der Waals surface area contributed by atoms with E-state index in [1.165, 1.54) is 25.5 Å². The van der Waals surface area contributed by atoms with Gasteiger partial charge in [-0.2, -0.15) is 0 Å². The second-order valence-electron chi connectivity index (χ2n) is 9.68. The standard InChI is InChI=1S/C31H31Cl2N3O5/c1-41-27(30(38)39)18-34-29(37)23-13-11-22(12-14-23)28(36-31(40)35-26-16-24(32)15-25(33)17-26)21-9-7-20(8-10-21)19-5-3-2-4-6-19/h5,7-17,27-28H,2-4,6,18H2,1H3,(H,34,37)(H,38,39)(H2,35,36,40)/t27-,28?/m1/s1. The van der Waals surface area contributed by atoms with Gasteiger partial charge in [0, 0.05) is 28.4 Å². The fraction of sp³-hybridized carbons (Fsp3) is 0.258. The highest BCUT2D eigenvalue weighted by Gasteiger charge is 2.20. The van der Waals surface area contributed by atoms with Gasteiger partial charge in [0.25, 0.3) is 5.91 Å². The molecule has 214 valence electrons. The van der Waals surface area contributed by atoms with Crippen molar-refractivity contribution in [3.8, 4) is 0 Å². The molecule has 0 aromatic heterocycles. The van der Waals surface area contributed by atoms with E-state index in [2.05, 4.69) is 34.2 Å². The number of carboxylic acid groups (broad SMARTS) is 1. The quantitative estimate of drug-likeness (QED) is 0.208. The van der Waals surface area contributed by atoms with E-state index in [-0.39, 0.29) is 6.54 Å². The lowest BCUT2D eigenvalue weighted by molar-refractivity contribution is -0.148. The van der Waals surface area contributed by atoms with E-state index in [4.69, 9.17) is 33.0 Å². The molecule has 3 aromatic carbocycles. The molecule has 0 bridgehead atoms. The predicted molar refractivity (Wildman–Crippen MR) is 161 cm³/mol. The van der Waals surface area contributed by atoms with Crippen molar-refractivity contribution in [1.82, 2.24) is 10.6 Å². The number of amides is 3. The Morgan fingerprint density at radius 2 is 1.56 bits per heavy atom. The van der Waals surface area contributed by atoms with E-state index in [9.17, 15) is 14.4 Å². The van der Waals surface area contributed by atoms with Crippen molar-refractivity contribution in [2.75, 3.05) is 19.0 Å². The zero-order chi connectivity index (χ0) is 29.4. The number of urea groups is 1. The molecule has 4 N–H and O–H groups in total. The fourth-order valence-electron chi connectivity index (χ4n) is 4.66. The van der Waals surface area contributed by atoms with Crippen LogP contribution < -0.4 is 16.0 Å². The molecule has 1 aliphatic carbocycles. The first-order chi connectivity index (χ1) is 19.7. The highest BCUT2D eigenvalue weighted by Crippen LogP contribution is 2.30. The normalized spacial score (nSPS) is 14.4. The summed E-state index contributed by atoms with van der Waals surface area (Å²) in [6.07, 6.45) is 5.65. The monoisotopic (exact) mass is 595 g/mol. The zero-order valence-electron chi connectivity index (χ0n) is 22.5. The fourth-order valence-corrected chi connectivity index (χ4v) is 5.19. The number of methoxy groups -OCH3 is 1. The number of ether oxygens (including phenoxy) is 1. The Morgan fingerprint density at radius 3 is 2.12 bits per heavy atom. The summed E-state index contributed by atoms with van der Waals surface area (Å²) in [6, 6.07) is 18.6. The van der Waals surface area contributed by atoms with E-state index in [0.717, 1.165) is 29.5 Å². The topological polar surface area (TPSA) is 117 Å². The van der Waals surface area contributed by atoms with E-state index in [1.807, 2.05) is 12.1 Å². The number of allylic oxidation sites excluding steroid dienone is 2. The van der Waals surface area contributed by atoms with E-state index in [0.29, 0.717) is 21.3 Å². The van der Waals surface area contributed by atoms with Crippen LogP contribution in [0, 0.1) is 0 Å². The minimum atomic E-state index is -1.17. The zero-order valence-corrected chi connectivity index (χ0v) is 24.0. The third-order valence-electron chi connectivity index (χ3n) is 6.82. The molecule has 3 amide bonds. The van der Waals surface area contributed by atoms with Crippen LogP contribution in [-0.4, -0.2) is 42.8 Å². The molecular formula is C31H31Cl2N3O5. The van der Waals surface area contributed by atoms with Gasteiger partial charge in [0.15, 0.2) is 6.10 Å². The second-order valence-corrected chi connectivity index (χ2v) is 10.6. The van der Waals surface area contributed by atoms with E-state index in [1.54, 1.807) is 42.5 Å². The Hall–Kier alpha value is -3.85. The van der Waals surface area contributed by atoms with Gasteiger partial charge >= 0.3 is 12.0 Å². The summed E-state index contributed by atoms with van der Waals surface area (Å²) in [4.78, 5) is 36.8. The van der Waals surface area contributed by atoms with Crippen LogP contribution in [0.4, 0.5) is 10.5 Å². The maximum absolute atomic E-state index is 13.1. The lowest BCUT2D eigenvalue weighted by atomic mass is 9.91. The van der Waals surface area contributed by atoms with Crippen LogP contribution in [0.1, 0.15) is 58.8 Å². The molecule has 0 saturated carbocycles. The number of anilines is 1. The molecule has 3 aromatic rings. The molecule has 0 spiro atoms. The summed E-state index contributed by atoms with van der Waals surface area (Å²) in [5, 5.41) is 18.3. The summed E-state index contributed by atoms with van der Waals surface area (Å²) >= 11 is 12.2. The number of carboxylic acids is 1. The maximum Gasteiger partial charge on any atom is 0.334 e. The third kappa shape index (κ3) is 8.33. The third-order valence-corrected chi connectivity index (χ3v) is 7.25. The highest BCUT2D eigenvalue weighted by molar-refractivity contribution is 6.35. The average molecular weight is 597 g/mol. The van der Waals surface area contributed by atoms with Crippen LogP contribution in [0.5, 0.6) is 0 Å². The molecule has 1 unspecified atom stereocenters. The van der Waals surface area contributed by atoms with Gasteiger partial charge in [-0.05, 0) is 78.3 Å². The smallest absolute Gasteiger partial charge is 0.334 e. The van der Waals surface area contributed by atoms with Gasteiger partial charge in [-0.15, -0.1) is 0 Å². The van der Waals surface area contributed by atoms with Crippen molar-refractivity contribution in [2.24, 2.45) is 0 Å².